The monoisotopic (exact) mass is 224 g/mol. The summed E-state index contributed by atoms with van der Waals surface area (Å²) < 4.78 is 0. The molecule has 0 unspecified atom stereocenters. The molecular formula is C10H16N4S. The molecule has 5 heteroatoms. The summed E-state index contributed by atoms with van der Waals surface area (Å²) in [5, 5.41) is 6.32. The fourth-order valence-electron chi connectivity index (χ4n) is 1.05. The molecule has 82 valence electrons. The van der Waals surface area contributed by atoms with Gasteiger partial charge in [0, 0.05) is 18.5 Å². The lowest BCUT2D eigenvalue weighted by molar-refractivity contribution is 0.851. The maximum Gasteiger partial charge on any atom is 0.191 e. The predicted molar refractivity (Wildman–Crippen MR) is 65.2 cm³/mol. The maximum atomic E-state index is 4.18. The number of guanidine groups is 1. The quantitative estimate of drug-likeness (QED) is 0.460. The maximum absolute atomic E-state index is 4.18. The van der Waals surface area contributed by atoms with Gasteiger partial charge in [0.2, 0.25) is 0 Å². The number of nitrogens with one attached hydrogen (secondary N) is 2. The zero-order chi connectivity index (χ0) is 11.1. The number of aryl methyl sites for hydroxylation is 1. The van der Waals surface area contributed by atoms with Gasteiger partial charge in [-0.15, -0.1) is 17.9 Å². The van der Waals surface area contributed by atoms with Crippen molar-refractivity contribution in [2.45, 2.75) is 13.5 Å². The minimum Gasteiger partial charge on any atom is -0.353 e. The Labute approximate surface area is 94.2 Å². The van der Waals surface area contributed by atoms with Gasteiger partial charge >= 0.3 is 0 Å². The summed E-state index contributed by atoms with van der Waals surface area (Å²) in [4.78, 5) is 9.50. The Kier molecular flexibility index (Phi) is 4.83. The van der Waals surface area contributed by atoms with Crippen LogP contribution >= 0.6 is 11.3 Å². The molecule has 15 heavy (non-hydrogen) atoms. The Hall–Kier alpha value is -1.36. The van der Waals surface area contributed by atoms with Gasteiger partial charge in [0.1, 0.15) is 0 Å². The molecule has 0 fully saturated rings. The highest BCUT2D eigenvalue weighted by molar-refractivity contribution is 7.09. The van der Waals surface area contributed by atoms with Crippen molar-refractivity contribution in [3.63, 3.8) is 0 Å². The van der Waals surface area contributed by atoms with Crippen molar-refractivity contribution < 1.29 is 0 Å². The van der Waals surface area contributed by atoms with Gasteiger partial charge in [-0.3, -0.25) is 4.99 Å². The Balaban J connectivity index is 2.41. The molecule has 0 aliphatic carbocycles. The Morgan fingerprint density at radius 3 is 3.00 bits per heavy atom. The minimum atomic E-state index is 0.710. The molecule has 0 radical (unpaired) electrons. The van der Waals surface area contributed by atoms with Gasteiger partial charge in [0.15, 0.2) is 5.96 Å². The molecule has 0 spiro atoms. The molecule has 0 aliphatic heterocycles. The van der Waals surface area contributed by atoms with Gasteiger partial charge in [-0.25, -0.2) is 4.98 Å². The standard InChI is InChI=1S/C10H16N4S/c1-4-5-12-10(11-3)13-6-9-8(2)14-7-15-9/h4,7H,1,5-6H2,2-3H3,(H2,11,12,13). The normalized spacial score (nSPS) is 11.2. The van der Waals surface area contributed by atoms with E-state index in [0.717, 1.165) is 18.2 Å². The van der Waals surface area contributed by atoms with Crippen LogP contribution in [-0.2, 0) is 6.54 Å². The van der Waals surface area contributed by atoms with Crippen LogP contribution in [0.3, 0.4) is 0 Å². The molecule has 0 amide bonds. The zero-order valence-electron chi connectivity index (χ0n) is 9.08. The van der Waals surface area contributed by atoms with Crippen molar-refractivity contribution in [3.05, 3.63) is 28.7 Å². The number of thiazole rings is 1. The second-order valence-corrected chi connectivity index (χ2v) is 3.90. The molecule has 0 bridgehead atoms. The fraction of sp³-hybridized carbons (Fsp3) is 0.400. The van der Waals surface area contributed by atoms with Crippen LogP contribution in [0.5, 0.6) is 0 Å². The molecule has 1 aromatic rings. The van der Waals surface area contributed by atoms with Crippen LogP contribution in [0.2, 0.25) is 0 Å². The molecular weight excluding hydrogens is 208 g/mol. The summed E-state index contributed by atoms with van der Waals surface area (Å²) in [5.41, 5.74) is 2.93. The van der Waals surface area contributed by atoms with Gasteiger partial charge < -0.3 is 10.6 Å². The highest BCUT2D eigenvalue weighted by Crippen LogP contribution is 2.10. The van der Waals surface area contributed by atoms with Crippen LogP contribution in [0.15, 0.2) is 23.2 Å². The van der Waals surface area contributed by atoms with Crippen molar-refractivity contribution in [3.8, 4) is 0 Å². The lowest BCUT2D eigenvalue weighted by atomic mass is 10.4. The van der Waals surface area contributed by atoms with E-state index in [2.05, 4.69) is 27.2 Å². The molecule has 1 rings (SSSR count). The van der Waals surface area contributed by atoms with Gasteiger partial charge in [0.25, 0.3) is 0 Å². The van der Waals surface area contributed by atoms with Gasteiger partial charge in [-0.05, 0) is 6.92 Å². The van der Waals surface area contributed by atoms with Crippen LogP contribution in [0.4, 0.5) is 0 Å². The predicted octanol–water partition coefficient (Wildman–Crippen LogP) is 1.30. The first-order chi connectivity index (χ1) is 7.27. The number of rotatable bonds is 4. The van der Waals surface area contributed by atoms with Crippen LogP contribution < -0.4 is 10.6 Å². The summed E-state index contributed by atoms with van der Waals surface area (Å²) >= 11 is 1.65. The van der Waals surface area contributed by atoms with E-state index in [1.54, 1.807) is 24.5 Å². The number of hydrogen-bond acceptors (Lipinski definition) is 3. The van der Waals surface area contributed by atoms with Crippen LogP contribution in [0.1, 0.15) is 10.6 Å². The summed E-state index contributed by atoms with van der Waals surface area (Å²) in [6.07, 6.45) is 1.80. The first-order valence-corrected chi connectivity index (χ1v) is 5.60. The number of aliphatic imine (C=N–C) groups is 1. The molecule has 1 aromatic heterocycles. The Morgan fingerprint density at radius 1 is 1.67 bits per heavy atom. The molecule has 2 N–H and O–H groups in total. The summed E-state index contributed by atoms with van der Waals surface area (Å²) in [7, 11) is 1.75. The molecule has 0 atom stereocenters. The molecule has 0 aromatic carbocycles. The fourth-order valence-corrected chi connectivity index (χ4v) is 1.77. The lowest BCUT2D eigenvalue weighted by Gasteiger charge is -2.09. The van der Waals surface area contributed by atoms with E-state index < -0.39 is 0 Å². The molecule has 1 heterocycles. The van der Waals surface area contributed by atoms with Crippen LogP contribution in [0, 0.1) is 6.92 Å². The van der Waals surface area contributed by atoms with Gasteiger partial charge in [-0.2, -0.15) is 0 Å². The van der Waals surface area contributed by atoms with E-state index in [1.165, 1.54) is 4.88 Å². The summed E-state index contributed by atoms with van der Waals surface area (Å²) in [6.45, 7) is 7.11. The van der Waals surface area contributed by atoms with E-state index in [0.29, 0.717) is 6.54 Å². The van der Waals surface area contributed by atoms with Crippen molar-refractivity contribution in [2.75, 3.05) is 13.6 Å². The number of nitrogens with zero attached hydrogens (tertiary/aromatic N) is 2. The Morgan fingerprint density at radius 2 is 2.47 bits per heavy atom. The molecule has 4 nitrogen and oxygen atoms in total. The molecule has 0 saturated heterocycles. The molecule has 0 aliphatic rings. The van der Waals surface area contributed by atoms with E-state index in [1.807, 2.05) is 12.4 Å². The van der Waals surface area contributed by atoms with Crippen molar-refractivity contribution in [2.24, 2.45) is 4.99 Å². The SMILES string of the molecule is C=CCNC(=NC)NCc1scnc1C. The molecule has 0 saturated carbocycles. The van der Waals surface area contributed by atoms with Crippen LogP contribution in [-0.4, -0.2) is 24.5 Å². The van der Waals surface area contributed by atoms with E-state index in [9.17, 15) is 0 Å². The summed E-state index contributed by atoms with van der Waals surface area (Å²) in [5.74, 6) is 0.780. The highest BCUT2D eigenvalue weighted by Gasteiger charge is 2.01. The number of aromatic nitrogens is 1. The van der Waals surface area contributed by atoms with Crippen LogP contribution in [0.25, 0.3) is 0 Å². The van der Waals surface area contributed by atoms with Crippen molar-refractivity contribution >= 4 is 17.3 Å². The van der Waals surface area contributed by atoms with Gasteiger partial charge in [0.05, 0.1) is 17.7 Å². The van der Waals surface area contributed by atoms with E-state index in [4.69, 9.17) is 0 Å². The highest BCUT2D eigenvalue weighted by atomic mass is 32.1. The third-order valence-electron chi connectivity index (χ3n) is 1.90. The van der Waals surface area contributed by atoms with Crippen molar-refractivity contribution in [1.82, 2.24) is 15.6 Å². The lowest BCUT2D eigenvalue weighted by Crippen LogP contribution is -2.36. The first-order valence-electron chi connectivity index (χ1n) is 4.72. The summed E-state index contributed by atoms with van der Waals surface area (Å²) in [6, 6.07) is 0. The van der Waals surface area contributed by atoms with Gasteiger partial charge in [-0.1, -0.05) is 6.08 Å². The third kappa shape index (κ3) is 3.71. The minimum absolute atomic E-state index is 0.710. The van der Waals surface area contributed by atoms with E-state index >= 15 is 0 Å². The number of hydrogen-bond donors (Lipinski definition) is 2. The first kappa shape index (κ1) is 11.7. The third-order valence-corrected chi connectivity index (χ3v) is 2.83. The topological polar surface area (TPSA) is 49.3 Å². The van der Waals surface area contributed by atoms with Crippen molar-refractivity contribution in [1.29, 1.82) is 0 Å². The average Bonchev–Trinajstić information content (AvgIpc) is 2.65. The second kappa shape index (κ2) is 6.19. The smallest absolute Gasteiger partial charge is 0.191 e. The van der Waals surface area contributed by atoms with E-state index in [-0.39, 0.29) is 0 Å². The largest absolute Gasteiger partial charge is 0.353 e. The zero-order valence-corrected chi connectivity index (χ0v) is 9.90. The second-order valence-electron chi connectivity index (χ2n) is 2.96. The average molecular weight is 224 g/mol. The Bertz CT molecular complexity index is 343.